The molecule has 0 unspecified atom stereocenters. The minimum absolute atomic E-state index is 0.0454. The second kappa shape index (κ2) is 12.1. The van der Waals surface area contributed by atoms with Crippen LogP contribution in [-0.2, 0) is 9.59 Å². The number of rotatable bonds is 7. The number of aryl methyl sites for hydroxylation is 1. The molecule has 5 rings (SSSR count). The van der Waals surface area contributed by atoms with E-state index in [1.165, 1.54) is 18.6 Å². The van der Waals surface area contributed by atoms with E-state index in [4.69, 9.17) is 4.98 Å². The Morgan fingerprint density at radius 2 is 1.63 bits per heavy atom. The number of nitrogens with one attached hydrogen (secondary N) is 1. The second-order valence-electron chi connectivity index (χ2n) is 11.6. The van der Waals surface area contributed by atoms with Crippen LogP contribution >= 0.6 is 0 Å². The molecule has 0 aliphatic carbocycles. The van der Waals surface area contributed by atoms with Gasteiger partial charge < -0.3 is 20.0 Å². The number of fused-ring (bicyclic) bond motifs is 1. The van der Waals surface area contributed by atoms with Gasteiger partial charge in [0.1, 0.15) is 5.82 Å². The minimum Gasteiger partial charge on any atom is -0.368 e. The third-order valence-corrected chi connectivity index (χ3v) is 8.10. The van der Waals surface area contributed by atoms with E-state index in [0.29, 0.717) is 43.7 Å². The Labute approximate surface area is 240 Å². The van der Waals surface area contributed by atoms with Gasteiger partial charge >= 0.3 is 0 Å². The number of carbonyl (C=O) groups excluding carboxylic acids is 2. The van der Waals surface area contributed by atoms with Crippen molar-refractivity contribution >= 4 is 45.6 Å². The third kappa shape index (κ3) is 6.75. The molecule has 10 nitrogen and oxygen atoms in total. The van der Waals surface area contributed by atoms with E-state index in [0.717, 1.165) is 41.1 Å². The molecular weight excluding hydrogens is 520 g/mol. The van der Waals surface area contributed by atoms with E-state index < -0.39 is 4.92 Å². The molecule has 3 aromatic rings. The molecule has 3 heterocycles. The molecule has 0 radical (unpaired) electrons. The van der Waals surface area contributed by atoms with Crippen LogP contribution in [0.25, 0.3) is 10.9 Å². The van der Waals surface area contributed by atoms with Gasteiger partial charge in [0.25, 0.3) is 5.69 Å². The lowest BCUT2D eigenvalue weighted by Crippen LogP contribution is -2.48. The molecule has 2 fully saturated rings. The van der Waals surface area contributed by atoms with Crippen molar-refractivity contribution < 1.29 is 14.5 Å². The van der Waals surface area contributed by atoms with Crippen molar-refractivity contribution in [1.82, 2.24) is 9.88 Å². The number of nitro benzene ring substituents is 1. The molecule has 2 amide bonds. The highest BCUT2D eigenvalue weighted by Crippen LogP contribution is 2.29. The number of nitro groups is 1. The van der Waals surface area contributed by atoms with Crippen LogP contribution in [0.15, 0.2) is 48.5 Å². The lowest BCUT2D eigenvalue weighted by molar-refractivity contribution is -0.384. The molecule has 1 aromatic heterocycles. The Morgan fingerprint density at radius 3 is 2.29 bits per heavy atom. The normalized spacial score (nSPS) is 19.3. The molecule has 2 aromatic carbocycles. The molecule has 0 spiro atoms. The number of aromatic nitrogens is 1. The average Bonchev–Trinajstić information content (AvgIpc) is 2.96. The number of pyridine rings is 1. The summed E-state index contributed by atoms with van der Waals surface area (Å²) in [7, 11) is 0. The molecule has 2 aliphatic heterocycles. The number of benzene rings is 2. The van der Waals surface area contributed by atoms with Crippen molar-refractivity contribution in [3.05, 3.63) is 64.2 Å². The van der Waals surface area contributed by atoms with E-state index in [9.17, 15) is 19.7 Å². The Balaban J connectivity index is 1.12. The second-order valence-corrected chi connectivity index (χ2v) is 11.6. The highest BCUT2D eigenvalue weighted by atomic mass is 16.6. The van der Waals surface area contributed by atoms with Crippen molar-refractivity contribution in [2.24, 2.45) is 11.8 Å². The number of hydrogen-bond acceptors (Lipinski definition) is 7. The zero-order valence-corrected chi connectivity index (χ0v) is 24.0. The summed E-state index contributed by atoms with van der Waals surface area (Å²) in [6.07, 6.45) is 1.51. The first-order valence-corrected chi connectivity index (χ1v) is 14.4. The summed E-state index contributed by atoms with van der Waals surface area (Å²) in [5, 5.41) is 14.8. The van der Waals surface area contributed by atoms with Gasteiger partial charge in [-0.25, -0.2) is 4.98 Å². The van der Waals surface area contributed by atoms with E-state index in [-0.39, 0.29) is 30.3 Å². The molecule has 10 heteroatoms. The monoisotopic (exact) mass is 558 g/mol. The number of amides is 2. The summed E-state index contributed by atoms with van der Waals surface area (Å²) in [4.78, 5) is 47.1. The first-order chi connectivity index (χ1) is 19.7. The summed E-state index contributed by atoms with van der Waals surface area (Å²) in [5.41, 5.74) is 3.68. The van der Waals surface area contributed by atoms with Crippen LogP contribution in [0.3, 0.4) is 0 Å². The summed E-state index contributed by atoms with van der Waals surface area (Å²) in [6.45, 7) is 11.1. The van der Waals surface area contributed by atoms with Gasteiger partial charge in [0.15, 0.2) is 0 Å². The van der Waals surface area contributed by atoms with E-state index in [2.05, 4.69) is 42.0 Å². The number of piperidine rings is 1. The van der Waals surface area contributed by atoms with Gasteiger partial charge in [0.2, 0.25) is 11.8 Å². The molecule has 2 atom stereocenters. The minimum atomic E-state index is -0.416. The Bertz CT molecular complexity index is 1420. The van der Waals surface area contributed by atoms with Crippen LogP contribution in [0.4, 0.5) is 22.9 Å². The standard InChI is InChI=1S/C31H38N6O4/c1-21-16-22(2)20-36(19-21)29-17-23(3)27-18-24(4-9-28(27)33-29)32-30(38)10-11-31(39)35-14-12-34(13-15-35)25-5-7-26(8-6-25)37(40)41/h4-9,17-18,21-22H,10-16,19-20H2,1-3H3,(H,32,38)/t21-,22+. The molecule has 1 N–H and O–H groups in total. The largest absolute Gasteiger partial charge is 0.368 e. The predicted molar refractivity (Wildman–Crippen MR) is 161 cm³/mol. The van der Waals surface area contributed by atoms with Gasteiger partial charge in [-0.3, -0.25) is 19.7 Å². The van der Waals surface area contributed by atoms with Crippen LogP contribution in [0, 0.1) is 28.9 Å². The first-order valence-electron chi connectivity index (χ1n) is 14.4. The maximum atomic E-state index is 12.8. The fourth-order valence-corrected chi connectivity index (χ4v) is 6.07. The predicted octanol–water partition coefficient (Wildman–Crippen LogP) is 5.00. The molecule has 216 valence electrons. The molecule has 0 bridgehead atoms. The van der Waals surface area contributed by atoms with Crippen LogP contribution in [-0.4, -0.2) is 65.9 Å². The summed E-state index contributed by atoms with van der Waals surface area (Å²) in [6, 6.07) is 14.4. The molecular formula is C31H38N6O4. The van der Waals surface area contributed by atoms with Crippen LogP contribution in [0.5, 0.6) is 0 Å². The van der Waals surface area contributed by atoms with E-state index in [1.54, 1.807) is 17.0 Å². The maximum Gasteiger partial charge on any atom is 0.269 e. The average molecular weight is 559 g/mol. The van der Waals surface area contributed by atoms with Gasteiger partial charge in [-0.2, -0.15) is 0 Å². The van der Waals surface area contributed by atoms with Crippen molar-refractivity contribution in [2.45, 2.75) is 40.0 Å². The Morgan fingerprint density at radius 1 is 0.951 bits per heavy atom. The summed E-state index contributed by atoms with van der Waals surface area (Å²) >= 11 is 0. The summed E-state index contributed by atoms with van der Waals surface area (Å²) < 4.78 is 0. The SMILES string of the molecule is Cc1cc(N2C[C@H](C)C[C@H](C)C2)nc2ccc(NC(=O)CCC(=O)N3CCN(c4ccc([N+](=O)[O-])cc4)CC3)cc12. The quantitative estimate of drug-likeness (QED) is 0.321. The van der Waals surface area contributed by atoms with Crippen LogP contribution in [0.1, 0.15) is 38.7 Å². The van der Waals surface area contributed by atoms with Crippen LogP contribution in [0.2, 0.25) is 0 Å². The van der Waals surface area contributed by atoms with Crippen molar-refractivity contribution in [1.29, 1.82) is 0 Å². The van der Waals surface area contributed by atoms with Gasteiger partial charge in [0, 0.05) is 81.0 Å². The van der Waals surface area contributed by atoms with Gasteiger partial charge in [-0.1, -0.05) is 13.8 Å². The smallest absolute Gasteiger partial charge is 0.269 e. The topological polar surface area (TPSA) is 112 Å². The highest BCUT2D eigenvalue weighted by Gasteiger charge is 2.24. The summed E-state index contributed by atoms with van der Waals surface area (Å²) in [5.74, 6) is 2.06. The van der Waals surface area contributed by atoms with Gasteiger partial charge in [0.05, 0.1) is 10.4 Å². The van der Waals surface area contributed by atoms with Crippen molar-refractivity contribution in [2.75, 3.05) is 54.4 Å². The van der Waals surface area contributed by atoms with Gasteiger partial charge in [-0.05, 0) is 67.1 Å². The lowest BCUT2D eigenvalue weighted by atomic mass is 9.92. The van der Waals surface area contributed by atoms with Crippen LogP contribution < -0.4 is 15.1 Å². The van der Waals surface area contributed by atoms with Gasteiger partial charge in [-0.15, -0.1) is 0 Å². The number of hydrogen-bond donors (Lipinski definition) is 1. The number of non-ortho nitro benzene ring substituents is 1. The fraction of sp³-hybridized carbons (Fsp3) is 0.452. The number of piperazine rings is 1. The fourth-order valence-electron chi connectivity index (χ4n) is 6.07. The first kappa shape index (κ1) is 28.3. The lowest BCUT2D eigenvalue weighted by Gasteiger charge is -2.36. The number of carbonyl (C=O) groups is 2. The Kier molecular flexibility index (Phi) is 8.37. The molecule has 0 saturated carbocycles. The molecule has 2 aliphatic rings. The third-order valence-electron chi connectivity index (χ3n) is 8.10. The van der Waals surface area contributed by atoms with Crippen molar-refractivity contribution in [3.8, 4) is 0 Å². The number of anilines is 3. The Hall–Kier alpha value is -4.21. The zero-order valence-electron chi connectivity index (χ0n) is 24.0. The van der Waals surface area contributed by atoms with Crippen molar-refractivity contribution in [3.63, 3.8) is 0 Å². The zero-order chi connectivity index (χ0) is 29.1. The molecule has 41 heavy (non-hydrogen) atoms. The highest BCUT2D eigenvalue weighted by molar-refractivity contribution is 5.96. The van der Waals surface area contributed by atoms with E-state index >= 15 is 0 Å². The maximum absolute atomic E-state index is 12.8. The van der Waals surface area contributed by atoms with E-state index in [1.807, 2.05) is 18.2 Å². The molecule has 2 saturated heterocycles. The number of nitrogens with zero attached hydrogens (tertiary/aromatic N) is 5.